The van der Waals surface area contributed by atoms with E-state index in [9.17, 15) is 27.8 Å². The van der Waals surface area contributed by atoms with Crippen molar-refractivity contribution >= 4 is 28.6 Å². The molecule has 184 valence electrons. The van der Waals surface area contributed by atoms with Crippen molar-refractivity contribution in [3.8, 4) is 6.07 Å². The highest BCUT2D eigenvalue weighted by molar-refractivity contribution is 7.92. The van der Waals surface area contributed by atoms with Crippen LogP contribution in [0, 0.1) is 22.7 Å². The molecule has 0 spiro atoms. The number of primary amides is 1. The summed E-state index contributed by atoms with van der Waals surface area (Å²) in [5, 5.41) is 26.8. The summed E-state index contributed by atoms with van der Waals surface area (Å²) < 4.78 is 54.3. The van der Waals surface area contributed by atoms with Crippen LogP contribution in [-0.4, -0.2) is 53.1 Å². The number of anilines is 1. The first kappa shape index (κ1) is 25.8. The van der Waals surface area contributed by atoms with Crippen molar-refractivity contribution in [3.05, 3.63) is 36.0 Å². The number of amidine groups is 1. The highest BCUT2D eigenvalue weighted by Crippen LogP contribution is 2.30. The summed E-state index contributed by atoms with van der Waals surface area (Å²) in [5.41, 5.74) is 0.548. The lowest BCUT2D eigenvalue weighted by atomic mass is 9.82. The van der Waals surface area contributed by atoms with Crippen LogP contribution in [0.5, 0.6) is 0 Å². The van der Waals surface area contributed by atoms with Gasteiger partial charge in [0.25, 0.3) is 5.91 Å². The van der Waals surface area contributed by atoms with Crippen LogP contribution in [0.1, 0.15) is 19.3 Å². The van der Waals surface area contributed by atoms with Gasteiger partial charge in [0.05, 0.1) is 48.0 Å². The number of nitrogens with zero attached hydrogens (tertiary/aromatic N) is 1. The maximum atomic E-state index is 12.6. The third kappa shape index (κ3) is 6.63. The van der Waals surface area contributed by atoms with Crippen molar-refractivity contribution < 1.29 is 27.3 Å². The molecule has 1 aromatic carbocycles. The number of halogens is 3. The van der Waals surface area contributed by atoms with Gasteiger partial charge in [0, 0.05) is 24.0 Å². The van der Waals surface area contributed by atoms with Gasteiger partial charge in [0.15, 0.2) is 4.90 Å². The van der Waals surface area contributed by atoms with Crippen molar-refractivity contribution in [1.29, 1.82) is 10.7 Å². The Morgan fingerprint density at radius 2 is 1.94 bits per heavy atom. The van der Waals surface area contributed by atoms with E-state index in [1.165, 1.54) is 18.3 Å². The Balaban J connectivity index is 1.60. The molecule has 2 fully saturated rings. The number of nitrogens with two attached hydrogens (primary N) is 1. The van der Waals surface area contributed by atoms with Crippen molar-refractivity contribution in [1.82, 2.24) is 10.6 Å². The largest absolute Gasteiger partial charge is 0.604 e. The molecule has 0 aromatic heterocycles. The minimum Gasteiger partial charge on any atom is -0.604 e. The normalized spacial score (nSPS) is 24.4. The van der Waals surface area contributed by atoms with E-state index in [0.29, 0.717) is 32.1 Å². The topological polar surface area (TPSA) is 159 Å². The number of alkyl halides is 3. The minimum absolute atomic E-state index is 0.188. The predicted octanol–water partition coefficient (Wildman–Crippen LogP) is 1.71. The molecule has 34 heavy (non-hydrogen) atoms. The van der Waals surface area contributed by atoms with Crippen LogP contribution in [0.3, 0.4) is 0 Å². The van der Waals surface area contributed by atoms with Crippen molar-refractivity contribution in [2.24, 2.45) is 11.7 Å². The predicted molar refractivity (Wildman–Crippen MR) is 119 cm³/mol. The molecule has 4 atom stereocenters. The van der Waals surface area contributed by atoms with Crippen LogP contribution in [0.2, 0.25) is 0 Å². The van der Waals surface area contributed by atoms with Crippen LogP contribution >= 0.6 is 0 Å². The van der Waals surface area contributed by atoms with Crippen molar-refractivity contribution in [2.75, 3.05) is 18.5 Å². The van der Waals surface area contributed by atoms with Gasteiger partial charge in [-0.3, -0.25) is 10.2 Å². The van der Waals surface area contributed by atoms with Gasteiger partial charge in [-0.25, -0.2) is 0 Å². The summed E-state index contributed by atoms with van der Waals surface area (Å²) in [6.07, 6.45) is 3.41. The molecule has 3 rings (SSSR count). The second-order valence-corrected chi connectivity index (χ2v) is 9.55. The van der Waals surface area contributed by atoms with Gasteiger partial charge in [-0.05, 0) is 43.5 Å². The van der Waals surface area contributed by atoms with E-state index < -0.39 is 27.5 Å². The van der Waals surface area contributed by atoms with Gasteiger partial charge in [-0.2, -0.15) is 5.26 Å². The summed E-state index contributed by atoms with van der Waals surface area (Å²) in [5.74, 6) is -1.59. The van der Waals surface area contributed by atoms with Crippen molar-refractivity contribution in [3.63, 3.8) is 0 Å². The molecule has 9 nitrogen and oxygen atoms in total. The second kappa shape index (κ2) is 11.1. The molecule has 1 saturated carbocycles. The fourth-order valence-corrected chi connectivity index (χ4v) is 4.44. The molecule has 1 amide bonds. The van der Waals surface area contributed by atoms with E-state index >= 15 is 0 Å². The quantitative estimate of drug-likeness (QED) is 0.158. The Bertz CT molecular complexity index is 962. The third-order valence-electron chi connectivity index (χ3n) is 5.65. The van der Waals surface area contributed by atoms with E-state index in [1.54, 1.807) is 0 Å². The van der Waals surface area contributed by atoms with Crippen LogP contribution in [0.25, 0.3) is 0 Å². The Labute approximate surface area is 197 Å². The lowest BCUT2D eigenvalue weighted by Crippen LogP contribution is -2.53. The average Bonchev–Trinajstić information content (AvgIpc) is 2.76. The number of rotatable bonds is 8. The summed E-state index contributed by atoms with van der Waals surface area (Å²) in [7, 11) is 0. The molecule has 2 aliphatic rings. The Kier molecular flexibility index (Phi) is 8.42. The standard InChI is InChI=1S/C21H25F3N6O3S/c22-21(23,24)34(32)16-4-1-13(2-5-16)30-19(26)17(20(27)31)9-28-18-6-3-14(7-12(18)8-25)29-15-10-33-11-15/h1-2,4-5,9,12,14-15,18,28-29H,3,6-7,10-11H2,(H2,26,30)(H2,27,31)/b17-9+/t12?,14?,18-,34?/m0/s1. The summed E-state index contributed by atoms with van der Waals surface area (Å²) in [4.78, 5) is 11.5. The van der Waals surface area contributed by atoms with E-state index in [-0.39, 0.29) is 35.1 Å². The van der Waals surface area contributed by atoms with Crippen LogP contribution < -0.4 is 21.7 Å². The molecule has 6 N–H and O–H groups in total. The van der Waals surface area contributed by atoms with E-state index in [1.807, 2.05) is 0 Å². The van der Waals surface area contributed by atoms with Gasteiger partial charge in [-0.15, -0.1) is 13.2 Å². The maximum Gasteiger partial charge on any atom is 0.578 e. The van der Waals surface area contributed by atoms with Gasteiger partial charge in [0.1, 0.15) is 5.84 Å². The number of benzene rings is 1. The number of carbonyl (C=O) groups is 1. The van der Waals surface area contributed by atoms with E-state index in [0.717, 1.165) is 18.6 Å². The van der Waals surface area contributed by atoms with Crippen LogP contribution in [0.15, 0.2) is 40.9 Å². The Morgan fingerprint density at radius 1 is 1.26 bits per heavy atom. The fraction of sp³-hybridized carbons (Fsp3) is 0.476. The summed E-state index contributed by atoms with van der Waals surface area (Å²) in [6, 6.07) is 7.03. The number of hydrogen-bond donors (Lipinski definition) is 5. The number of nitrogens with one attached hydrogen (secondary N) is 4. The minimum atomic E-state index is -4.88. The third-order valence-corrected chi connectivity index (χ3v) is 6.77. The summed E-state index contributed by atoms with van der Waals surface area (Å²) in [6.45, 7) is 1.33. The smallest absolute Gasteiger partial charge is 0.578 e. The molecule has 13 heteroatoms. The Morgan fingerprint density at radius 3 is 2.47 bits per heavy atom. The zero-order chi connectivity index (χ0) is 24.9. The molecule has 3 unspecified atom stereocenters. The number of nitriles is 1. The number of amides is 1. The van der Waals surface area contributed by atoms with Gasteiger partial charge in [0.2, 0.25) is 0 Å². The van der Waals surface area contributed by atoms with Crippen LogP contribution in [0.4, 0.5) is 18.9 Å². The monoisotopic (exact) mass is 498 g/mol. The van der Waals surface area contributed by atoms with E-state index in [4.69, 9.17) is 15.9 Å². The molecular formula is C21H25F3N6O3S. The van der Waals surface area contributed by atoms with Gasteiger partial charge < -0.3 is 31.0 Å². The van der Waals surface area contributed by atoms with Gasteiger partial charge in [-0.1, -0.05) is 0 Å². The number of carbonyl (C=O) groups excluding carboxylic acids is 1. The lowest BCUT2D eigenvalue weighted by molar-refractivity contribution is -0.114. The second-order valence-electron chi connectivity index (χ2n) is 8.08. The highest BCUT2D eigenvalue weighted by atomic mass is 32.2. The number of hydrogen-bond acceptors (Lipinski definition) is 7. The summed E-state index contributed by atoms with van der Waals surface area (Å²) >= 11 is -3.17. The molecule has 1 saturated heterocycles. The molecule has 1 aromatic rings. The molecular weight excluding hydrogens is 473 g/mol. The highest BCUT2D eigenvalue weighted by Gasteiger charge is 2.46. The number of ether oxygens (including phenoxy) is 1. The molecule has 1 heterocycles. The lowest BCUT2D eigenvalue weighted by Gasteiger charge is -2.37. The first-order valence-electron chi connectivity index (χ1n) is 10.5. The first-order chi connectivity index (χ1) is 16.1. The Hall–Kier alpha value is -2.79. The average molecular weight is 499 g/mol. The molecule has 1 aliphatic carbocycles. The van der Waals surface area contributed by atoms with E-state index in [2.05, 4.69) is 22.0 Å². The molecule has 0 radical (unpaired) electrons. The zero-order valence-corrected chi connectivity index (χ0v) is 18.8. The molecule has 0 bridgehead atoms. The van der Waals surface area contributed by atoms with Crippen LogP contribution in [-0.2, 0) is 20.7 Å². The SMILES string of the molecule is N#CC1CC(NC2COC2)CC[C@@H]1N/C=C(\C(=N)Nc1ccc([S+]([O-])C(F)(F)F)cc1)C(N)=O. The first-order valence-corrected chi connectivity index (χ1v) is 11.7. The maximum absolute atomic E-state index is 12.6. The zero-order valence-electron chi connectivity index (χ0n) is 18.0. The molecule has 1 aliphatic heterocycles. The fourth-order valence-electron chi connectivity index (χ4n) is 3.79. The van der Waals surface area contributed by atoms with Crippen molar-refractivity contribution in [2.45, 2.75) is 47.8 Å². The van der Waals surface area contributed by atoms with Gasteiger partial charge >= 0.3 is 5.51 Å².